The summed E-state index contributed by atoms with van der Waals surface area (Å²) in [5.41, 5.74) is 1.11. The zero-order chi connectivity index (χ0) is 10.1. The standard InChI is InChI=1S/C12H14FP/c1-8-5-10(13)6-9-3-4-11(14-2)7-12(8)9/h3-8,12,14H,1-2H3/t8-,12?/m0/s1. The van der Waals surface area contributed by atoms with Crippen molar-refractivity contribution in [3.63, 3.8) is 0 Å². The highest BCUT2D eigenvalue weighted by Gasteiger charge is 2.23. The molecule has 0 aromatic heterocycles. The maximum absolute atomic E-state index is 13.1. The van der Waals surface area contributed by atoms with Crippen LogP contribution in [0.25, 0.3) is 0 Å². The molecule has 2 aliphatic carbocycles. The van der Waals surface area contributed by atoms with Crippen LogP contribution in [0.2, 0.25) is 0 Å². The van der Waals surface area contributed by atoms with Crippen molar-refractivity contribution in [1.82, 2.24) is 0 Å². The van der Waals surface area contributed by atoms with Gasteiger partial charge in [-0.1, -0.05) is 33.7 Å². The van der Waals surface area contributed by atoms with Gasteiger partial charge in [0.05, 0.1) is 0 Å². The summed E-state index contributed by atoms with van der Waals surface area (Å²) in [7, 11) is 0.827. The van der Waals surface area contributed by atoms with Crippen molar-refractivity contribution in [3.8, 4) is 0 Å². The maximum atomic E-state index is 13.1. The highest BCUT2D eigenvalue weighted by atomic mass is 31.1. The molecular formula is C12H14FP. The fourth-order valence-electron chi connectivity index (χ4n) is 1.97. The average molecular weight is 208 g/mol. The van der Waals surface area contributed by atoms with Crippen molar-refractivity contribution in [3.05, 3.63) is 47.1 Å². The molecule has 0 bridgehead atoms. The van der Waals surface area contributed by atoms with Crippen LogP contribution in [0, 0.1) is 11.8 Å². The zero-order valence-electron chi connectivity index (χ0n) is 8.42. The summed E-state index contributed by atoms with van der Waals surface area (Å²) in [6.07, 6.45) is 9.79. The molecule has 3 atom stereocenters. The Morgan fingerprint density at radius 3 is 2.79 bits per heavy atom. The van der Waals surface area contributed by atoms with E-state index in [2.05, 4.69) is 31.8 Å². The van der Waals surface area contributed by atoms with Crippen molar-refractivity contribution in [1.29, 1.82) is 0 Å². The molecule has 0 spiro atoms. The molecule has 0 radical (unpaired) electrons. The van der Waals surface area contributed by atoms with Crippen LogP contribution in [-0.4, -0.2) is 6.66 Å². The first-order chi connectivity index (χ1) is 6.70. The van der Waals surface area contributed by atoms with Gasteiger partial charge in [-0.3, -0.25) is 0 Å². The van der Waals surface area contributed by atoms with Crippen molar-refractivity contribution in [2.45, 2.75) is 6.92 Å². The third-order valence-electron chi connectivity index (χ3n) is 2.78. The summed E-state index contributed by atoms with van der Waals surface area (Å²) in [6, 6.07) is 0. The van der Waals surface area contributed by atoms with Crippen LogP contribution in [0.15, 0.2) is 47.1 Å². The molecule has 0 aliphatic heterocycles. The number of allylic oxidation sites excluding steroid dienone is 8. The van der Waals surface area contributed by atoms with E-state index < -0.39 is 0 Å². The van der Waals surface area contributed by atoms with Crippen LogP contribution < -0.4 is 0 Å². The van der Waals surface area contributed by atoms with Gasteiger partial charge in [0.1, 0.15) is 5.83 Å². The Kier molecular flexibility index (Phi) is 2.69. The fourth-order valence-corrected chi connectivity index (χ4v) is 2.57. The molecule has 0 saturated carbocycles. The van der Waals surface area contributed by atoms with E-state index in [9.17, 15) is 4.39 Å². The van der Waals surface area contributed by atoms with Crippen LogP contribution in [0.3, 0.4) is 0 Å². The lowest BCUT2D eigenvalue weighted by Crippen LogP contribution is -2.15. The zero-order valence-corrected chi connectivity index (χ0v) is 9.42. The lowest BCUT2D eigenvalue weighted by atomic mass is 9.81. The van der Waals surface area contributed by atoms with E-state index in [0.717, 1.165) is 14.2 Å². The normalized spacial score (nSPS) is 31.2. The molecule has 0 saturated heterocycles. The summed E-state index contributed by atoms with van der Waals surface area (Å²) < 4.78 is 13.1. The van der Waals surface area contributed by atoms with Gasteiger partial charge in [-0.15, -0.1) is 0 Å². The topological polar surface area (TPSA) is 0 Å². The van der Waals surface area contributed by atoms with Crippen LogP contribution in [0.1, 0.15) is 6.92 Å². The van der Waals surface area contributed by atoms with Crippen LogP contribution >= 0.6 is 8.58 Å². The molecule has 2 rings (SSSR count). The molecule has 2 aliphatic rings. The lowest BCUT2D eigenvalue weighted by molar-refractivity contribution is 0.540. The third kappa shape index (κ3) is 1.74. The number of halogens is 1. The van der Waals surface area contributed by atoms with E-state index in [1.165, 1.54) is 5.31 Å². The quantitative estimate of drug-likeness (QED) is 0.575. The first-order valence-corrected chi connectivity index (χ1v) is 6.37. The Bertz CT molecular complexity index is 361. The molecule has 0 amide bonds. The van der Waals surface area contributed by atoms with E-state index in [4.69, 9.17) is 0 Å². The van der Waals surface area contributed by atoms with Crippen LogP contribution in [-0.2, 0) is 0 Å². The first-order valence-electron chi connectivity index (χ1n) is 4.87. The molecule has 0 nitrogen and oxygen atoms in total. The Hall–Kier alpha value is -0.680. The monoisotopic (exact) mass is 208 g/mol. The minimum atomic E-state index is -0.0933. The Morgan fingerprint density at radius 2 is 2.07 bits per heavy atom. The molecule has 74 valence electrons. The SMILES string of the molecule is CPC1=CC2C(=CC(F)=C[C@@H]2C)C=C1. The Balaban J connectivity index is 2.33. The van der Waals surface area contributed by atoms with Gasteiger partial charge >= 0.3 is 0 Å². The van der Waals surface area contributed by atoms with Gasteiger partial charge in [-0.25, -0.2) is 4.39 Å². The summed E-state index contributed by atoms with van der Waals surface area (Å²) in [6.45, 7) is 4.25. The van der Waals surface area contributed by atoms with Crippen LogP contribution in [0.5, 0.6) is 0 Å². The molecule has 2 unspecified atom stereocenters. The number of fused-ring (bicyclic) bond motifs is 1. The predicted octanol–water partition coefficient (Wildman–Crippen LogP) is 3.79. The fraction of sp³-hybridized carbons (Fsp3) is 0.333. The first kappa shape index (κ1) is 9.86. The van der Waals surface area contributed by atoms with Gasteiger partial charge < -0.3 is 0 Å². The number of hydrogen-bond acceptors (Lipinski definition) is 0. The lowest BCUT2D eigenvalue weighted by Gasteiger charge is -2.26. The van der Waals surface area contributed by atoms with E-state index in [1.807, 2.05) is 0 Å². The summed E-state index contributed by atoms with van der Waals surface area (Å²) >= 11 is 0. The average Bonchev–Trinajstić information content (AvgIpc) is 2.17. The third-order valence-corrected chi connectivity index (χ3v) is 3.69. The van der Waals surface area contributed by atoms with Gasteiger partial charge in [0.15, 0.2) is 0 Å². The molecular weight excluding hydrogens is 194 g/mol. The van der Waals surface area contributed by atoms with E-state index in [-0.39, 0.29) is 11.7 Å². The number of hydrogen-bond donors (Lipinski definition) is 0. The summed E-state index contributed by atoms with van der Waals surface area (Å²) in [5.74, 6) is 0.581. The second kappa shape index (κ2) is 3.82. The molecule has 0 fully saturated rings. The van der Waals surface area contributed by atoms with E-state index >= 15 is 0 Å². The van der Waals surface area contributed by atoms with Crippen LogP contribution in [0.4, 0.5) is 4.39 Å². The molecule has 2 heteroatoms. The largest absolute Gasteiger partial charge is 0.207 e. The van der Waals surface area contributed by atoms with Crippen molar-refractivity contribution in [2.24, 2.45) is 11.8 Å². The van der Waals surface area contributed by atoms with Gasteiger partial charge in [0, 0.05) is 5.92 Å². The van der Waals surface area contributed by atoms with E-state index in [0.29, 0.717) is 5.92 Å². The second-order valence-corrected chi connectivity index (χ2v) is 4.86. The highest BCUT2D eigenvalue weighted by molar-refractivity contribution is 7.42. The molecule has 0 aromatic rings. The van der Waals surface area contributed by atoms with Crippen molar-refractivity contribution >= 4 is 8.58 Å². The minimum Gasteiger partial charge on any atom is -0.207 e. The summed E-state index contributed by atoms with van der Waals surface area (Å²) in [4.78, 5) is 0. The van der Waals surface area contributed by atoms with E-state index in [1.54, 1.807) is 12.2 Å². The number of rotatable bonds is 1. The molecule has 0 N–H and O–H groups in total. The van der Waals surface area contributed by atoms with Crippen molar-refractivity contribution < 1.29 is 4.39 Å². The minimum absolute atomic E-state index is 0.0933. The summed E-state index contributed by atoms with van der Waals surface area (Å²) in [5, 5.41) is 1.38. The smallest absolute Gasteiger partial charge is 0.119 e. The Morgan fingerprint density at radius 1 is 1.29 bits per heavy atom. The molecule has 0 aromatic carbocycles. The molecule has 0 heterocycles. The second-order valence-electron chi connectivity index (χ2n) is 3.79. The maximum Gasteiger partial charge on any atom is 0.119 e. The van der Waals surface area contributed by atoms with Gasteiger partial charge in [-0.2, -0.15) is 0 Å². The predicted molar refractivity (Wildman–Crippen MR) is 61.4 cm³/mol. The van der Waals surface area contributed by atoms with Gasteiger partial charge in [0.2, 0.25) is 0 Å². The van der Waals surface area contributed by atoms with Crippen molar-refractivity contribution in [2.75, 3.05) is 6.66 Å². The Labute approximate surface area is 86.1 Å². The van der Waals surface area contributed by atoms with Gasteiger partial charge in [0.25, 0.3) is 0 Å². The van der Waals surface area contributed by atoms with Gasteiger partial charge in [-0.05, 0) is 35.6 Å². The highest BCUT2D eigenvalue weighted by Crippen LogP contribution is 2.38. The molecule has 14 heavy (non-hydrogen) atoms.